The summed E-state index contributed by atoms with van der Waals surface area (Å²) in [6, 6.07) is 5.87. The van der Waals surface area contributed by atoms with Gasteiger partial charge < -0.3 is 14.4 Å². The van der Waals surface area contributed by atoms with Gasteiger partial charge in [-0.3, -0.25) is 4.79 Å². The monoisotopic (exact) mass is 317 g/mol. The average Bonchev–Trinajstić information content (AvgIpc) is 3.02. The Balaban J connectivity index is 1.50. The highest BCUT2D eigenvalue weighted by molar-refractivity contribution is 5.84. The Kier molecular flexibility index (Phi) is 5.55. The Morgan fingerprint density at radius 2 is 2.13 bits per heavy atom. The van der Waals surface area contributed by atoms with Gasteiger partial charge in [-0.05, 0) is 50.6 Å². The highest BCUT2D eigenvalue weighted by atomic mass is 16.5. The van der Waals surface area contributed by atoms with Crippen molar-refractivity contribution in [1.29, 1.82) is 0 Å². The lowest BCUT2D eigenvalue weighted by Crippen LogP contribution is -2.34. The third-order valence-electron chi connectivity index (χ3n) is 4.66. The summed E-state index contributed by atoms with van der Waals surface area (Å²) in [5, 5.41) is 0. The van der Waals surface area contributed by atoms with Crippen molar-refractivity contribution in [1.82, 2.24) is 4.90 Å². The molecule has 126 valence electrons. The van der Waals surface area contributed by atoms with Gasteiger partial charge >= 0.3 is 0 Å². The number of nitrogens with zero attached hydrogens (tertiary/aromatic N) is 1. The van der Waals surface area contributed by atoms with Crippen LogP contribution in [-0.2, 0) is 11.2 Å². The van der Waals surface area contributed by atoms with E-state index in [1.165, 1.54) is 19.3 Å². The summed E-state index contributed by atoms with van der Waals surface area (Å²) in [6.45, 7) is 5.96. The Bertz CT molecular complexity index is 537. The summed E-state index contributed by atoms with van der Waals surface area (Å²) in [6.07, 6.45) is 5.81. The van der Waals surface area contributed by atoms with Crippen molar-refractivity contribution < 1.29 is 14.3 Å². The average molecular weight is 317 g/mol. The molecule has 1 aromatic rings. The number of hydrogen-bond acceptors (Lipinski definition) is 4. The largest absolute Gasteiger partial charge is 0.494 e. The number of piperidine rings is 1. The third kappa shape index (κ3) is 4.25. The number of likely N-dealkylation sites (tertiary alicyclic amines) is 1. The van der Waals surface area contributed by atoms with Crippen molar-refractivity contribution in [3.63, 3.8) is 0 Å². The molecule has 2 aliphatic heterocycles. The van der Waals surface area contributed by atoms with Crippen molar-refractivity contribution in [2.24, 2.45) is 0 Å². The van der Waals surface area contributed by atoms with Gasteiger partial charge in [0.05, 0.1) is 6.61 Å². The van der Waals surface area contributed by atoms with Crippen molar-refractivity contribution >= 4 is 5.78 Å². The smallest absolute Gasteiger partial charge is 0.174 e. The van der Waals surface area contributed by atoms with Crippen LogP contribution in [0, 0.1) is 0 Å². The van der Waals surface area contributed by atoms with Gasteiger partial charge in [0.25, 0.3) is 0 Å². The Labute approximate surface area is 138 Å². The van der Waals surface area contributed by atoms with Gasteiger partial charge in [-0.25, -0.2) is 0 Å². The molecule has 4 nitrogen and oxygen atoms in total. The Morgan fingerprint density at radius 3 is 2.91 bits per heavy atom. The number of benzene rings is 1. The molecular weight excluding hydrogens is 290 g/mol. The first-order valence-electron chi connectivity index (χ1n) is 8.93. The number of carbonyl (C=O) groups is 1. The first kappa shape index (κ1) is 16.3. The molecule has 0 radical (unpaired) electrons. The molecule has 1 saturated heterocycles. The number of Topliss-reactive ketones (excluding diaryl/α,β-unsaturated/α-hetero) is 1. The minimum Gasteiger partial charge on any atom is -0.494 e. The van der Waals surface area contributed by atoms with Crippen LogP contribution < -0.4 is 9.47 Å². The molecule has 0 amide bonds. The molecule has 2 heterocycles. The lowest BCUT2D eigenvalue weighted by Gasteiger charge is -2.26. The van der Waals surface area contributed by atoms with Gasteiger partial charge in [0.15, 0.2) is 11.9 Å². The van der Waals surface area contributed by atoms with Gasteiger partial charge in [-0.1, -0.05) is 13.3 Å². The van der Waals surface area contributed by atoms with E-state index in [-0.39, 0.29) is 11.9 Å². The number of ketones is 1. The minimum atomic E-state index is -0.309. The van der Waals surface area contributed by atoms with E-state index in [0.717, 1.165) is 49.7 Å². The van der Waals surface area contributed by atoms with Crippen LogP contribution in [-0.4, -0.2) is 43.0 Å². The van der Waals surface area contributed by atoms with E-state index in [1.54, 1.807) is 0 Å². The molecular formula is C19H27NO3. The summed E-state index contributed by atoms with van der Waals surface area (Å²) in [4.78, 5) is 14.8. The normalized spacial score (nSPS) is 20.8. The number of fused-ring (bicyclic) bond motifs is 1. The summed E-state index contributed by atoms with van der Waals surface area (Å²) in [7, 11) is 0. The summed E-state index contributed by atoms with van der Waals surface area (Å²) in [5.74, 6) is 1.93. The highest BCUT2D eigenvalue weighted by Gasteiger charge is 2.29. The molecule has 4 heteroatoms. The van der Waals surface area contributed by atoms with E-state index in [1.807, 2.05) is 18.2 Å². The Morgan fingerprint density at radius 1 is 1.30 bits per heavy atom. The molecule has 3 rings (SSSR count). The lowest BCUT2D eigenvalue weighted by molar-refractivity contribution is -0.125. The lowest BCUT2D eigenvalue weighted by atomic mass is 10.0. The molecule has 23 heavy (non-hydrogen) atoms. The van der Waals surface area contributed by atoms with E-state index < -0.39 is 0 Å². The van der Waals surface area contributed by atoms with Crippen LogP contribution >= 0.6 is 0 Å². The van der Waals surface area contributed by atoms with Gasteiger partial charge in [0, 0.05) is 24.9 Å². The zero-order valence-corrected chi connectivity index (χ0v) is 14.1. The quantitative estimate of drug-likeness (QED) is 0.774. The molecule has 1 atom stereocenters. The van der Waals surface area contributed by atoms with E-state index in [9.17, 15) is 4.79 Å². The molecule has 1 aromatic carbocycles. The van der Waals surface area contributed by atoms with Gasteiger partial charge in [0.1, 0.15) is 11.5 Å². The second kappa shape index (κ2) is 7.82. The minimum absolute atomic E-state index is 0.225. The number of rotatable bonds is 7. The maximum Gasteiger partial charge on any atom is 0.174 e. The number of ether oxygens (including phenoxy) is 2. The van der Waals surface area contributed by atoms with E-state index in [2.05, 4.69) is 11.8 Å². The standard InChI is InChI=1S/C19H27NO3/c1-2-12-22-16-6-7-18-15(13-16)14-19(23-18)17(21)8-11-20-9-4-3-5-10-20/h6-7,13,19H,2-5,8-12,14H2,1H3. The predicted octanol–water partition coefficient (Wildman–Crippen LogP) is 3.22. The van der Waals surface area contributed by atoms with Crippen LogP contribution in [0.2, 0.25) is 0 Å². The SMILES string of the molecule is CCCOc1ccc2c(c1)CC(C(=O)CCN1CCCCC1)O2. The predicted molar refractivity (Wildman–Crippen MR) is 90.3 cm³/mol. The van der Waals surface area contributed by atoms with E-state index >= 15 is 0 Å². The fourth-order valence-corrected chi connectivity index (χ4v) is 3.33. The molecule has 0 aliphatic carbocycles. The molecule has 1 fully saturated rings. The molecule has 2 aliphatic rings. The third-order valence-corrected chi connectivity index (χ3v) is 4.66. The second-order valence-electron chi connectivity index (χ2n) is 6.55. The van der Waals surface area contributed by atoms with Crippen LogP contribution in [0.15, 0.2) is 18.2 Å². The first-order chi connectivity index (χ1) is 11.3. The van der Waals surface area contributed by atoms with Crippen LogP contribution in [0.1, 0.15) is 44.6 Å². The van der Waals surface area contributed by atoms with Crippen molar-refractivity contribution in [3.8, 4) is 11.5 Å². The van der Waals surface area contributed by atoms with Gasteiger partial charge in [0.2, 0.25) is 0 Å². The fraction of sp³-hybridized carbons (Fsp3) is 0.632. The Hall–Kier alpha value is -1.55. The van der Waals surface area contributed by atoms with Crippen molar-refractivity contribution in [2.75, 3.05) is 26.2 Å². The maximum absolute atomic E-state index is 12.4. The maximum atomic E-state index is 12.4. The zero-order valence-electron chi connectivity index (χ0n) is 14.1. The zero-order chi connectivity index (χ0) is 16.1. The van der Waals surface area contributed by atoms with Crippen molar-refractivity contribution in [3.05, 3.63) is 23.8 Å². The topological polar surface area (TPSA) is 38.8 Å². The fourth-order valence-electron chi connectivity index (χ4n) is 3.33. The summed E-state index contributed by atoms with van der Waals surface area (Å²) >= 11 is 0. The molecule has 0 aromatic heterocycles. The van der Waals surface area contributed by atoms with Crippen LogP contribution in [0.4, 0.5) is 0 Å². The highest BCUT2D eigenvalue weighted by Crippen LogP contribution is 2.32. The van der Waals surface area contributed by atoms with Gasteiger partial charge in [-0.15, -0.1) is 0 Å². The van der Waals surface area contributed by atoms with Gasteiger partial charge in [-0.2, -0.15) is 0 Å². The summed E-state index contributed by atoms with van der Waals surface area (Å²) in [5.41, 5.74) is 1.09. The number of hydrogen-bond donors (Lipinski definition) is 0. The number of carbonyl (C=O) groups excluding carboxylic acids is 1. The van der Waals surface area contributed by atoms with E-state index in [0.29, 0.717) is 12.8 Å². The van der Waals surface area contributed by atoms with Crippen molar-refractivity contribution in [2.45, 2.75) is 51.6 Å². The molecule has 0 N–H and O–H groups in total. The molecule has 0 bridgehead atoms. The second-order valence-corrected chi connectivity index (χ2v) is 6.55. The van der Waals surface area contributed by atoms with E-state index in [4.69, 9.17) is 9.47 Å². The molecule has 0 spiro atoms. The molecule has 1 unspecified atom stereocenters. The van der Waals surface area contributed by atoms with Crippen LogP contribution in [0.5, 0.6) is 11.5 Å². The summed E-state index contributed by atoms with van der Waals surface area (Å²) < 4.78 is 11.5. The van der Waals surface area contributed by atoms with Crippen LogP contribution in [0.25, 0.3) is 0 Å². The molecule has 0 saturated carbocycles. The first-order valence-corrected chi connectivity index (χ1v) is 8.93. The van der Waals surface area contributed by atoms with Crippen LogP contribution in [0.3, 0.4) is 0 Å².